The first kappa shape index (κ1) is 19.8. The molecular weight excluding hydrogens is 352 g/mol. The number of hydrogen-bond donors (Lipinski definition) is 0. The van der Waals surface area contributed by atoms with E-state index >= 15 is 0 Å². The smallest absolute Gasteiger partial charge is 0.159 e. The van der Waals surface area contributed by atoms with Crippen LogP contribution in [0.1, 0.15) is 56.5 Å². The summed E-state index contributed by atoms with van der Waals surface area (Å²) >= 11 is 1.72. The summed E-state index contributed by atoms with van der Waals surface area (Å²) < 4.78 is 5.98. The number of allylic oxidation sites excluding steroid dienone is 2. The highest BCUT2D eigenvalue weighted by molar-refractivity contribution is 7.99. The van der Waals surface area contributed by atoms with Crippen LogP contribution in [0.15, 0.2) is 69.7 Å². The molecule has 0 atom stereocenters. The highest BCUT2D eigenvalue weighted by Crippen LogP contribution is 2.42. The molecule has 1 aliphatic carbocycles. The Morgan fingerprint density at radius 1 is 1.00 bits per heavy atom. The molecule has 0 heterocycles. The summed E-state index contributed by atoms with van der Waals surface area (Å²) in [5, 5.41) is 0. The molecule has 142 valence electrons. The van der Waals surface area contributed by atoms with Crippen LogP contribution in [-0.2, 0) is 11.2 Å². The molecule has 0 spiro atoms. The van der Waals surface area contributed by atoms with Gasteiger partial charge in [-0.3, -0.25) is 4.79 Å². The van der Waals surface area contributed by atoms with E-state index in [-0.39, 0.29) is 11.2 Å². The Kier molecular flexibility index (Phi) is 6.11. The molecule has 27 heavy (non-hydrogen) atoms. The molecule has 1 fully saturated rings. The molecule has 0 amide bonds. The van der Waals surface area contributed by atoms with E-state index in [1.165, 1.54) is 34.6 Å². The topological polar surface area (TPSA) is 26.3 Å². The maximum atomic E-state index is 11.4. The lowest BCUT2D eigenvalue weighted by Gasteiger charge is -2.28. The van der Waals surface area contributed by atoms with E-state index in [4.69, 9.17) is 4.74 Å². The first-order valence-corrected chi connectivity index (χ1v) is 10.4. The number of carbonyl (C=O) groups is 1. The van der Waals surface area contributed by atoms with E-state index in [1.54, 1.807) is 18.7 Å². The largest absolute Gasteiger partial charge is 0.498 e. The van der Waals surface area contributed by atoms with Crippen LogP contribution >= 0.6 is 11.8 Å². The maximum Gasteiger partial charge on any atom is 0.159 e. The first-order valence-electron chi connectivity index (χ1n) is 9.62. The van der Waals surface area contributed by atoms with E-state index < -0.39 is 0 Å². The van der Waals surface area contributed by atoms with Crippen molar-refractivity contribution in [1.82, 2.24) is 0 Å². The molecule has 2 aromatic carbocycles. The fourth-order valence-electron chi connectivity index (χ4n) is 3.37. The Morgan fingerprint density at radius 3 is 2.04 bits per heavy atom. The summed E-state index contributed by atoms with van der Waals surface area (Å²) in [4.78, 5) is 13.7. The van der Waals surface area contributed by atoms with Gasteiger partial charge in [-0.25, -0.2) is 0 Å². The summed E-state index contributed by atoms with van der Waals surface area (Å²) in [6.07, 6.45) is 3.36. The lowest BCUT2D eigenvalue weighted by molar-refractivity contribution is 0.101. The Balaban J connectivity index is 1.66. The third-order valence-corrected chi connectivity index (χ3v) is 5.81. The van der Waals surface area contributed by atoms with Gasteiger partial charge in [0.25, 0.3) is 0 Å². The summed E-state index contributed by atoms with van der Waals surface area (Å²) in [7, 11) is 0. The standard InChI is InChI=1S/C24H28O2S/c1-5-26-23(20-8-9-20)24(3,4)16-18-6-12-21(13-7-18)27-22-14-10-19(11-15-22)17(2)25/h6-7,10-15H,5,8-9,16H2,1-4H3. The third kappa shape index (κ3) is 5.26. The van der Waals surface area contributed by atoms with Gasteiger partial charge >= 0.3 is 0 Å². The van der Waals surface area contributed by atoms with Crippen LogP contribution in [0, 0.1) is 5.41 Å². The van der Waals surface area contributed by atoms with Gasteiger partial charge in [0.15, 0.2) is 5.78 Å². The van der Waals surface area contributed by atoms with Crippen LogP contribution in [-0.4, -0.2) is 12.4 Å². The molecule has 1 aliphatic rings. The van der Waals surface area contributed by atoms with Gasteiger partial charge in [0.2, 0.25) is 0 Å². The minimum absolute atomic E-state index is 0.0268. The Hall–Kier alpha value is -2.00. The molecule has 0 radical (unpaired) electrons. The fourth-order valence-corrected chi connectivity index (χ4v) is 4.19. The average Bonchev–Trinajstić information content (AvgIpc) is 3.46. The summed E-state index contributed by atoms with van der Waals surface area (Å²) in [6, 6.07) is 16.6. The molecule has 1 saturated carbocycles. The highest BCUT2D eigenvalue weighted by atomic mass is 32.2. The molecule has 0 unspecified atom stereocenters. The highest BCUT2D eigenvalue weighted by Gasteiger charge is 2.32. The van der Waals surface area contributed by atoms with Crippen LogP contribution < -0.4 is 0 Å². The fraction of sp³-hybridized carbons (Fsp3) is 0.375. The van der Waals surface area contributed by atoms with Crippen molar-refractivity contribution < 1.29 is 9.53 Å². The van der Waals surface area contributed by atoms with E-state index in [0.29, 0.717) is 0 Å². The molecule has 2 aromatic rings. The second kappa shape index (κ2) is 8.35. The SMILES string of the molecule is CCOC(=C1CC1)C(C)(C)Cc1ccc(Sc2ccc(C(C)=O)cc2)cc1. The number of Topliss-reactive ketones (excluding diaryl/α,β-unsaturated/α-hetero) is 1. The monoisotopic (exact) mass is 380 g/mol. The van der Waals surface area contributed by atoms with Gasteiger partial charge in [0.1, 0.15) is 5.76 Å². The minimum Gasteiger partial charge on any atom is -0.498 e. The minimum atomic E-state index is 0.0268. The second-order valence-corrected chi connectivity index (χ2v) is 8.90. The number of ether oxygens (including phenoxy) is 1. The number of benzene rings is 2. The van der Waals surface area contributed by atoms with E-state index in [9.17, 15) is 4.79 Å². The normalized spacial score (nSPS) is 13.4. The second-order valence-electron chi connectivity index (χ2n) is 7.75. The molecule has 0 bridgehead atoms. The Morgan fingerprint density at radius 2 is 1.56 bits per heavy atom. The summed E-state index contributed by atoms with van der Waals surface area (Å²) in [5.74, 6) is 1.31. The molecule has 0 N–H and O–H groups in total. The summed E-state index contributed by atoms with van der Waals surface area (Å²) in [5.41, 5.74) is 3.60. The zero-order valence-electron chi connectivity index (χ0n) is 16.7. The quantitative estimate of drug-likeness (QED) is 0.377. The molecule has 0 saturated heterocycles. The van der Waals surface area contributed by atoms with Gasteiger partial charge in [0.05, 0.1) is 6.61 Å². The zero-order valence-corrected chi connectivity index (χ0v) is 17.5. The van der Waals surface area contributed by atoms with Crippen LogP contribution in [0.3, 0.4) is 0 Å². The maximum absolute atomic E-state index is 11.4. The van der Waals surface area contributed by atoms with Crippen molar-refractivity contribution in [3.8, 4) is 0 Å². The van der Waals surface area contributed by atoms with Gasteiger partial charge in [-0.15, -0.1) is 0 Å². The van der Waals surface area contributed by atoms with Gasteiger partial charge in [-0.1, -0.05) is 49.9 Å². The van der Waals surface area contributed by atoms with Crippen LogP contribution in [0.25, 0.3) is 0 Å². The number of carbonyl (C=O) groups excluding carboxylic acids is 1. The molecule has 3 rings (SSSR count). The van der Waals surface area contributed by atoms with Gasteiger partial charge in [-0.2, -0.15) is 0 Å². The molecule has 3 heteroatoms. The van der Waals surface area contributed by atoms with Crippen molar-refractivity contribution in [2.75, 3.05) is 6.61 Å². The third-order valence-electron chi connectivity index (χ3n) is 4.79. The predicted octanol–water partition coefficient (Wildman–Crippen LogP) is 6.69. The first-order chi connectivity index (χ1) is 12.9. The summed E-state index contributed by atoms with van der Waals surface area (Å²) in [6.45, 7) is 8.96. The van der Waals surface area contributed by atoms with E-state index in [2.05, 4.69) is 45.0 Å². The molecule has 2 nitrogen and oxygen atoms in total. The van der Waals surface area contributed by atoms with Crippen LogP contribution in [0.2, 0.25) is 0 Å². The van der Waals surface area contributed by atoms with Crippen LogP contribution in [0.5, 0.6) is 0 Å². The average molecular weight is 381 g/mol. The molecular formula is C24H28O2S. The van der Waals surface area contributed by atoms with E-state index in [1.807, 2.05) is 24.3 Å². The van der Waals surface area contributed by atoms with Gasteiger partial charge in [0, 0.05) is 20.8 Å². The number of ketones is 1. The molecule has 0 aliphatic heterocycles. The zero-order chi connectivity index (χ0) is 19.4. The lowest BCUT2D eigenvalue weighted by Crippen LogP contribution is -2.20. The van der Waals surface area contributed by atoms with Gasteiger partial charge in [-0.05, 0) is 68.5 Å². The lowest BCUT2D eigenvalue weighted by atomic mass is 9.83. The van der Waals surface area contributed by atoms with Crippen molar-refractivity contribution in [2.24, 2.45) is 5.41 Å². The van der Waals surface area contributed by atoms with Crippen molar-refractivity contribution in [3.05, 3.63) is 71.0 Å². The van der Waals surface area contributed by atoms with Crippen molar-refractivity contribution in [2.45, 2.75) is 56.7 Å². The van der Waals surface area contributed by atoms with Crippen molar-refractivity contribution in [3.63, 3.8) is 0 Å². The number of hydrogen-bond acceptors (Lipinski definition) is 3. The van der Waals surface area contributed by atoms with Crippen molar-refractivity contribution >= 4 is 17.5 Å². The Bertz CT molecular complexity index is 824. The predicted molar refractivity (Wildman–Crippen MR) is 112 cm³/mol. The Labute approximate surface area is 167 Å². The van der Waals surface area contributed by atoms with Crippen LogP contribution in [0.4, 0.5) is 0 Å². The number of rotatable bonds is 8. The molecule has 0 aromatic heterocycles. The van der Waals surface area contributed by atoms with Gasteiger partial charge < -0.3 is 4.74 Å². The van der Waals surface area contributed by atoms with E-state index in [0.717, 1.165) is 23.5 Å². The van der Waals surface area contributed by atoms with Crippen molar-refractivity contribution in [1.29, 1.82) is 0 Å².